The average molecular weight is 317 g/mol. The van der Waals surface area contributed by atoms with E-state index in [0.717, 1.165) is 22.6 Å². The van der Waals surface area contributed by atoms with Crippen LogP contribution in [0.3, 0.4) is 0 Å². The highest BCUT2D eigenvalue weighted by Gasteiger charge is 2.09. The molecule has 0 amide bonds. The van der Waals surface area contributed by atoms with Gasteiger partial charge < -0.3 is 9.72 Å². The zero-order chi connectivity index (χ0) is 16.5. The molecule has 0 saturated carbocycles. The van der Waals surface area contributed by atoms with Crippen LogP contribution in [-0.4, -0.2) is 21.7 Å². The minimum atomic E-state index is -0.169. The number of benzene rings is 2. The van der Waals surface area contributed by atoms with Crippen molar-refractivity contribution in [2.45, 2.75) is 0 Å². The molecule has 4 rings (SSSR count). The molecule has 2 aromatic heterocycles. The topological polar surface area (TPSA) is 59.4 Å². The first-order chi connectivity index (χ1) is 11.7. The summed E-state index contributed by atoms with van der Waals surface area (Å²) in [6, 6.07) is 19.1. The van der Waals surface area contributed by atoms with Crippen molar-refractivity contribution in [3.8, 4) is 28.3 Å². The summed E-state index contributed by atoms with van der Waals surface area (Å²) in [5.74, 6) is 0.771. The van der Waals surface area contributed by atoms with Crippen LogP contribution in [0.25, 0.3) is 28.0 Å². The number of aromatic amines is 1. The fourth-order valence-corrected chi connectivity index (χ4v) is 2.67. The van der Waals surface area contributed by atoms with Crippen molar-refractivity contribution in [1.29, 1.82) is 0 Å². The van der Waals surface area contributed by atoms with Crippen LogP contribution in [0.2, 0.25) is 0 Å². The van der Waals surface area contributed by atoms with E-state index in [-0.39, 0.29) is 5.56 Å². The molecule has 5 nitrogen and oxygen atoms in total. The molecule has 0 atom stereocenters. The van der Waals surface area contributed by atoms with Crippen molar-refractivity contribution in [3.05, 3.63) is 77.2 Å². The maximum atomic E-state index is 12.4. The highest BCUT2D eigenvalue weighted by molar-refractivity contribution is 5.67. The number of aromatic nitrogens is 3. The van der Waals surface area contributed by atoms with Crippen LogP contribution < -0.4 is 10.3 Å². The van der Waals surface area contributed by atoms with E-state index in [1.54, 1.807) is 17.7 Å². The summed E-state index contributed by atoms with van der Waals surface area (Å²) in [5, 5.41) is 4.54. The number of rotatable bonds is 3. The molecule has 0 aliphatic heterocycles. The summed E-state index contributed by atoms with van der Waals surface area (Å²) in [4.78, 5) is 15.3. The third-order valence-electron chi connectivity index (χ3n) is 3.94. The molecule has 118 valence electrons. The van der Waals surface area contributed by atoms with Crippen molar-refractivity contribution in [2.75, 3.05) is 7.11 Å². The van der Waals surface area contributed by atoms with Crippen LogP contribution in [0.5, 0.6) is 5.75 Å². The van der Waals surface area contributed by atoms with E-state index >= 15 is 0 Å². The van der Waals surface area contributed by atoms with Gasteiger partial charge in [0.1, 0.15) is 11.3 Å². The highest BCUT2D eigenvalue weighted by Crippen LogP contribution is 2.22. The number of ether oxygens (including phenoxy) is 1. The first kappa shape index (κ1) is 14.3. The predicted molar refractivity (Wildman–Crippen MR) is 93.2 cm³/mol. The molecule has 0 saturated heterocycles. The maximum absolute atomic E-state index is 12.4. The van der Waals surface area contributed by atoms with E-state index in [0.29, 0.717) is 11.2 Å². The van der Waals surface area contributed by atoms with E-state index < -0.39 is 0 Å². The maximum Gasteiger partial charge on any atom is 0.274 e. The molecule has 0 spiro atoms. The predicted octanol–water partition coefficient (Wildman–Crippen LogP) is 3.37. The Labute approximate surface area is 138 Å². The average Bonchev–Trinajstić information content (AvgIpc) is 3.07. The lowest BCUT2D eigenvalue weighted by Crippen LogP contribution is -2.10. The standard InChI is InChI=1S/C19H15N3O2/c1-24-15-9-7-14(8-10-15)17-12-22-18(19(23)20-17)11-16(21-22)13-5-3-2-4-6-13/h2-12H,1H3,(H,20,23). The molecule has 0 fully saturated rings. The van der Waals surface area contributed by atoms with Gasteiger partial charge in [-0.1, -0.05) is 30.3 Å². The van der Waals surface area contributed by atoms with Gasteiger partial charge in [-0.25, -0.2) is 4.52 Å². The second kappa shape index (κ2) is 5.70. The first-order valence-corrected chi connectivity index (χ1v) is 7.57. The molecular weight excluding hydrogens is 302 g/mol. The summed E-state index contributed by atoms with van der Waals surface area (Å²) in [6.07, 6.45) is 1.82. The van der Waals surface area contributed by atoms with Gasteiger partial charge in [0.25, 0.3) is 5.56 Å². The molecule has 2 heterocycles. The monoisotopic (exact) mass is 317 g/mol. The lowest BCUT2D eigenvalue weighted by Gasteiger charge is -2.04. The Kier molecular flexibility index (Phi) is 3.39. The smallest absolute Gasteiger partial charge is 0.274 e. The summed E-state index contributed by atoms with van der Waals surface area (Å²) >= 11 is 0. The Balaban J connectivity index is 1.83. The number of fused-ring (bicyclic) bond motifs is 1. The number of nitrogens with zero attached hydrogens (tertiary/aromatic N) is 2. The van der Waals surface area contributed by atoms with Gasteiger partial charge in [0, 0.05) is 5.56 Å². The van der Waals surface area contributed by atoms with Crippen molar-refractivity contribution < 1.29 is 4.74 Å². The molecule has 0 aliphatic carbocycles. The third kappa shape index (κ3) is 2.46. The molecule has 0 bridgehead atoms. The molecule has 1 N–H and O–H groups in total. The van der Waals surface area contributed by atoms with E-state index in [4.69, 9.17) is 4.74 Å². The first-order valence-electron chi connectivity index (χ1n) is 7.57. The minimum absolute atomic E-state index is 0.169. The summed E-state index contributed by atoms with van der Waals surface area (Å²) < 4.78 is 6.79. The number of H-pyrrole nitrogens is 1. The molecule has 24 heavy (non-hydrogen) atoms. The molecule has 0 unspecified atom stereocenters. The zero-order valence-electron chi connectivity index (χ0n) is 13.1. The van der Waals surface area contributed by atoms with Gasteiger partial charge in [0.05, 0.1) is 24.7 Å². The molecule has 0 aliphatic rings. The van der Waals surface area contributed by atoms with Crippen LogP contribution in [0.1, 0.15) is 0 Å². The Hall–Kier alpha value is -3.34. The number of methoxy groups -OCH3 is 1. The molecule has 5 heteroatoms. The van der Waals surface area contributed by atoms with Gasteiger partial charge in [-0.2, -0.15) is 5.10 Å². The minimum Gasteiger partial charge on any atom is -0.497 e. The molecular formula is C19H15N3O2. The zero-order valence-corrected chi connectivity index (χ0v) is 13.1. The lowest BCUT2D eigenvalue weighted by atomic mass is 10.1. The van der Waals surface area contributed by atoms with Crippen LogP contribution in [0, 0.1) is 0 Å². The fourth-order valence-electron chi connectivity index (χ4n) is 2.67. The third-order valence-corrected chi connectivity index (χ3v) is 3.94. The Morgan fingerprint density at radius 2 is 1.75 bits per heavy atom. The van der Waals surface area contributed by atoms with Gasteiger partial charge in [-0.15, -0.1) is 0 Å². The fraction of sp³-hybridized carbons (Fsp3) is 0.0526. The van der Waals surface area contributed by atoms with Gasteiger partial charge in [0.2, 0.25) is 0 Å². The Morgan fingerprint density at radius 1 is 1.00 bits per heavy atom. The summed E-state index contributed by atoms with van der Waals surface area (Å²) in [5.41, 5.74) is 3.70. The van der Waals surface area contributed by atoms with Crippen LogP contribution >= 0.6 is 0 Å². The second-order valence-electron chi connectivity index (χ2n) is 5.45. The van der Waals surface area contributed by atoms with E-state index in [2.05, 4.69) is 10.1 Å². The van der Waals surface area contributed by atoms with Gasteiger partial charge >= 0.3 is 0 Å². The molecule has 4 aromatic rings. The number of hydrogen-bond donors (Lipinski definition) is 1. The Morgan fingerprint density at radius 3 is 2.46 bits per heavy atom. The van der Waals surface area contributed by atoms with Crippen molar-refractivity contribution in [3.63, 3.8) is 0 Å². The largest absolute Gasteiger partial charge is 0.497 e. The molecule has 2 aromatic carbocycles. The van der Waals surface area contributed by atoms with Crippen LogP contribution in [0.4, 0.5) is 0 Å². The van der Waals surface area contributed by atoms with Crippen molar-refractivity contribution in [2.24, 2.45) is 0 Å². The van der Waals surface area contributed by atoms with E-state index in [1.165, 1.54) is 0 Å². The van der Waals surface area contributed by atoms with Gasteiger partial charge in [-0.3, -0.25) is 4.79 Å². The SMILES string of the molecule is COc1ccc(-c2cn3nc(-c4ccccc4)cc3c(=O)[nH]2)cc1. The highest BCUT2D eigenvalue weighted by atomic mass is 16.5. The van der Waals surface area contributed by atoms with Crippen LogP contribution in [0.15, 0.2) is 71.7 Å². The quantitative estimate of drug-likeness (QED) is 0.630. The van der Waals surface area contributed by atoms with Gasteiger partial charge in [-0.05, 0) is 35.9 Å². The number of nitrogens with one attached hydrogen (secondary N) is 1. The Bertz CT molecular complexity index is 1050. The number of hydrogen-bond acceptors (Lipinski definition) is 3. The summed E-state index contributed by atoms with van der Waals surface area (Å²) in [6.45, 7) is 0. The molecule has 0 radical (unpaired) electrons. The van der Waals surface area contributed by atoms with Crippen molar-refractivity contribution in [1.82, 2.24) is 14.6 Å². The van der Waals surface area contributed by atoms with Gasteiger partial charge in [0.15, 0.2) is 0 Å². The second-order valence-corrected chi connectivity index (χ2v) is 5.45. The summed E-state index contributed by atoms with van der Waals surface area (Å²) in [7, 11) is 1.62. The normalized spacial score (nSPS) is 10.9. The van der Waals surface area contributed by atoms with Crippen molar-refractivity contribution >= 4 is 5.52 Å². The lowest BCUT2D eigenvalue weighted by molar-refractivity contribution is 0.415. The van der Waals surface area contributed by atoms with E-state index in [1.807, 2.05) is 60.8 Å². The van der Waals surface area contributed by atoms with Crippen LogP contribution in [-0.2, 0) is 0 Å². The van der Waals surface area contributed by atoms with E-state index in [9.17, 15) is 4.79 Å².